The van der Waals surface area contributed by atoms with Gasteiger partial charge in [-0.3, -0.25) is 9.36 Å². The minimum atomic E-state index is -1.76. The lowest BCUT2D eigenvalue weighted by molar-refractivity contribution is -0.319. The summed E-state index contributed by atoms with van der Waals surface area (Å²) in [6, 6.07) is 4.86. The van der Waals surface area contributed by atoms with Gasteiger partial charge in [-0.2, -0.15) is 0 Å². The maximum atomic E-state index is 12.2. The number of hydrogen-bond acceptors (Lipinski definition) is 8. The Morgan fingerprint density at radius 1 is 1.32 bits per heavy atom. The predicted octanol–water partition coefficient (Wildman–Crippen LogP) is -2.23. The fraction of sp³-hybridized carbons (Fsp3) is 0.133. The first kappa shape index (κ1) is 17.0. The number of aliphatic carboxylic acids is 2. The first-order chi connectivity index (χ1) is 11.8. The van der Waals surface area contributed by atoms with Crippen LogP contribution >= 0.6 is 23.6 Å². The fourth-order valence-corrected chi connectivity index (χ4v) is 3.98. The molecule has 1 amide bonds. The molecule has 0 saturated heterocycles. The molecule has 1 aliphatic rings. The summed E-state index contributed by atoms with van der Waals surface area (Å²) in [4.78, 5) is 38.1. The van der Waals surface area contributed by atoms with Crippen LogP contribution in [0.15, 0.2) is 29.3 Å². The number of hydrogen-bond donors (Lipinski definition) is 1. The monoisotopic (exact) mass is 376 g/mol. The van der Waals surface area contributed by atoms with Crippen LogP contribution in [0.3, 0.4) is 0 Å². The first-order valence-corrected chi connectivity index (χ1v) is 8.11. The number of nitrogens with zero attached hydrogens (tertiary/aromatic N) is 2. The fourth-order valence-electron chi connectivity index (χ4n) is 2.54. The van der Waals surface area contributed by atoms with Crippen LogP contribution in [-0.4, -0.2) is 27.5 Å². The number of aromatic hydroxyl groups is 1. The highest BCUT2D eigenvalue weighted by molar-refractivity contribution is 7.73. The van der Waals surface area contributed by atoms with Gasteiger partial charge in [-0.15, -0.1) is 11.3 Å². The minimum Gasteiger partial charge on any atom is -0.550 e. The Balaban J connectivity index is 2.25. The summed E-state index contributed by atoms with van der Waals surface area (Å²) in [6.07, 6.45) is -0.940. The molecule has 1 N–H and O–H groups in total. The molecule has 1 atom stereocenters. The van der Waals surface area contributed by atoms with Gasteiger partial charge in [-0.1, -0.05) is 18.2 Å². The second kappa shape index (κ2) is 6.22. The number of rotatable bonds is 5. The van der Waals surface area contributed by atoms with Crippen LogP contribution in [0.5, 0.6) is 5.88 Å². The average molecular weight is 376 g/mol. The van der Waals surface area contributed by atoms with E-state index >= 15 is 0 Å². The van der Waals surface area contributed by atoms with Gasteiger partial charge in [-0.05, 0) is 18.3 Å². The molecule has 0 saturated carbocycles. The number of carboxylic acid groups (broad SMARTS) is 2. The van der Waals surface area contributed by atoms with Gasteiger partial charge in [-0.25, -0.2) is 4.99 Å². The van der Waals surface area contributed by atoms with E-state index in [4.69, 9.17) is 12.2 Å². The molecular formula is C15H8N2O6S2-2. The third-order valence-electron chi connectivity index (χ3n) is 3.60. The second-order valence-electron chi connectivity index (χ2n) is 5.11. The zero-order valence-electron chi connectivity index (χ0n) is 12.3. The number of carbonyl (C=O) groups excluding carboxylic acids is 3. The van der Waals surface area contributed by atoms with Gasteiger partial charge in [0.15, 0.2) is 3.95 Å². The van der Waals surface area contributed by atoms with E-state index in [1.165, 1.54) is 0 Å². The van der Waals surface area contributed by atoms with Gasteiger partial charge in [0, 0.05) is 17.6 Å². The van der Waals surface area contributed by atoms with E-state index in [-0.39, 0.29) is 14.4 Å². The molecule has 0 bridgehead atoms. The Labute approximate surface area is 148 Å². The van der Waals surface area contributed by atoms with Crippen LogP contribution in [-0.2, 0) is 14.4 Å². The van der Waals surface area contributed by atoms with Crippen molar-refractivity contribution in [3.8, 4) is 5.88 Å². The number of carbonyl (C=O) groups is 3. The molecule has 25 heavy (non-hydrogen) atoms. The van der Waals surface area contributed by atoms with Gasteiger partial charge in [0.05, 0.1) is 22.9 Å². The van der Waals surface area contributed by atoms with Crippen LogP contribution in [0.2, 0.25) is 0 Å². The highest BCUT2D eigenvalue weighted by Gasteiger charge is 2.28. The van der Waals surface area contributed by atoms with Gasteiger partial charge in [0.1, 0.15) is 4.88 Å². The Morgan fingerprint density at radius 3 is 2.64 bits per heavy atom. The van der Waals surface area contributed by atoms with Gasteiger partial charge < -0.3 is 24.9 Å². The highest BCUT2D eigenvalue weighted by atomic mass is 32.1. The maximum Gasteiger partial charge on any atom is 0.279 e. The Kier molecular flexibility index (Phi) is 4.23. The number of amides is 1. The van der Waals surface area contributed by atoms with Crippen LogP contribution in [0.1, 0.15) is 17.3 Å². The summed E-state index contributed by atoms with van der Waals surface area (Å²) in [5, 5.41) is 33.4. The molecular weight excluding hydrogens is 368 g/mol. The smallest absolute Gasteiger partial charge is 0.279 e. The van der Waals surface area contributed by atoms with E-state index in [0.717, 1.165) is 15.9 Å². The number of carboxylic acids is 2. The van der Waals surface area contributed by atoms with Crippen LogP contribution in [0.4, 0.5) is 0 Å². The third kappa shape index (κ3) is 2.85. The first-order valence-electron chi connectivity index (χ1n) is 6.89. The van der Waals surface area contributed by atoms with Crippen LogP contribution < -0.4 is 20.8 Å². The van der Waals surface area contributed by atoms with E-state index < -0.39 is 36.2 Å². The molecule has 0 radical (unpaired) electrons. The summed E-state index contributed by atoms with van der Waals surface area (Å²) < 4.78 is 0.620. The number of fused-ring (bicyclic) bond motifs is 1. The molecule has 1 aromatic heterocycles. The van der Waals surface area contributed by atoms with Gasteiger partial charge in [0.2, 0.25) is 5.88 Å². The molecule has 0 aliphatic carbocycles. The summed E-state index contributed by atoms with van der Waals surface area (Å²) in [5.74, 6) is -4.62. The van der Waals surface area contributed by atoms with Crippen molar-refractivity contribution in [1.29, 1.82) is 0 Å². The predicted molar refractivity (Wildman–Crippen MR) is 83.2 cm³/mol. The number of para-hydroxylation sites is 1. The van der Waals surface area contributed by atoms with Crippen LogP contribution in [0, 0.1) is 3.95 Å². The normalized spacial score (nSPS) is 14.1. The summed E-state index contributed by atoms with van der Waals surface area (Å²) in [7, 11) is 0. The molecule has 0 fully saturated rings. The van der Waals surface area contributed by atoms with Crippen molar-refractivity contribution in [2.75, 3.05) is 0 Å². The Morgan fingerprint density at radius 2 is 2.00 bits per heavy atom. The lowest BCUT2D eigenvalue weighted by Gasteiger charge is -2.21. The summed E-state index contributed by atoms with van der Waals surface area (Å²) in [6.45, 7) is 0. The van der Waals surface area contributed by atoms with Crippen molar-refractivity contribution in [3.05, 3.63) is 43.7 Å². The maximum absolute atomic E-state index is 12.2. The molecule has 2 aromatic rings. The van der Waals surface area contributed by atoms with Crippen molar-refractivity contribution in [2.24, 2.45) is 4.99 Å². The van der Waals surface area contributed by atoms with E-state index in [1.807, 2.05) is 0 Å². The van der Waals surface area contributed by atoms with E-state index in [1.54, 1.807) is 24.3 Å². The van der Waals surface area contributed by atoms with Crippen molar-refractivity contribution < 1.29 is 29.7 Å². The Hall–Kier alpha value is -2.85. The second-order valence-corrected chi connectivity index (χ2v) is 6.75. The molecule has 0 spiro atoms. The topological polar surface area (TPSA) is 135 Å². The quantitative estimate of drug-likeness (QED) is 0.584. The number of thiazole rings is 1. The molecule has 2 heterocycles. The lowest BCUT2D eigenvalue weighted by Crippen LogP contribution is -2.37. The SMILES string of the molecule is O=C([O-])C[C@H](C(=O)[O-])n1c(O)c(C2=c3ccccc3=NC2=O)sc1=S. The van der Waals surface area contributed by atoms with Crippen molar-refractivity contribution in [2.45, 2.75) is 12.5 Å². The largest absolute Gasteiger partial charge is 0.550 e. The van der Waals surface area contributed by atoms with Crippen LogP contribution in [0.25, 0.3) is 5.57 Å². The third-order valence-corrected chi connectivity index (χ3v) is 5.01. The minimum absolute atomic E-state index is 0.0216. The average Bonchev–Trinajstić information content (AvgIpc) is 3.00. The zero-order chi connectivity index (χ0) is 18.3. The molecule has 8 nitrogen and oxygen atoms in total. The molecule has 1 aliphatic heterocycles. The lowest BCUT2D eigenvalue weighted by atomic mass is 10.1. The van der Waals surface area contributed by atoms with E-state index in [0.29, 0.717) is 10.6 Å². The van der Waals surface area contributed by atoms with E-state index in [2.05, 4.69) is 4.99 Å². The van der Waals surface area contributed by atoms with Crippen molar-refractivity contribution in [1.82, 2.24) is 4.57 Å². The number of aromatic nitrogens is 1. The van der Waals surface area contributed by atoms with Crippen molar-refractivity contribution in [3.63, 3.8) is 0 Å². The summed E-state index contributed by atoms with van der Waals surface area (Å²) in [5.41, 5.74) is 0.0773. The van der Waals surface area contributed by atoms with Gasteiger partial charge >= 0.3 is 0 Å². The highest BCUT2D eigenvalue weighted by Crippen LogP contribution is 2.35. The molecule has 128 valence electrons. The zero-order valence-corrected chi connectivity index (χ0v) is 13.9. The number of benzene rings is 1. The summed E-state index contributed by atoms with van der Waals surface area (Å²) >= 11 is 5.83. The Bertz CT molecular complexity index is 1100. The molecule has 0 unspecified atom stereocenters. The van der Waals surface area contributed by atoms with Crippen molar-refractivity contribution >= 4 is 47.0 Å². The van der Waals surface area contributed by atoms with Gasteiger partial charge in [0.25, 0.3) is 5.91 Å². The standard InChI is InChI=1S/C15H10N2O6S2/c18-9(19)5-8(14(22)23)17-13(21)11(25-15(17)24)10-6-3-1-2-4-7(6)16-12(10)20/h1-4,8,21H,5H2,(H,18,19)(H,22,23)/p-2/t8-/m1/s1. The molecule has 3 rings (SSSR count). The molecule has 10 heteroatoms. The molecule has 1 aromatic carbocycles. The van der Waals surface area contributed by atoms with E-state index in [9.17, 15) is 29.7 Å².